The average molecular weight is 423 g/mol. The van der Waals surface area contributed by atoms with Crippen LogP contribution in [0.4, 0.5) is 0 Å². The van der Waals surface area contributed by atoms with E-state index in [0.717, 1.165) is 70.1 Å². The second kappa shape index (κ2) is 9.21. The van der Waals surface area contributed by atoms with Crippen molar-refractivity contribution in [1.82, 2.24) is 39.7 Å². The fraction of sp³-hybridized carbons (Fsp3) is 0.737. The minimum atomic E-state index is -0.202. The van der Waals surface area contributed by atoms with Crippen LogP contribution in [0.1, 0.15) is 57.1 Å². The predicted molar refractivity (Wildman–Crippen MR) is 111 cm³/mol. The SMILES string of the molecule is CCn1c(Cn2cncn2)nnc1C1CCN(C(=O)C2(C)CCNCC2)CC1.Cl. The molecule has 0 unspecified atom stereocenters. The van der Waals surface area contributed by atoms with E-state index in [0.29, 0.717) is 18.4 Å². The highest BCUT2D eigenvalue weighted by molar-refractivity contribution is 5.85. The second-order valence-corrected chi connectivity index (χ2v) is 8.19. The molecule has 160 valence electrons. The molecule has 1 amide bonds. The van der Waals surface area contributed by atoms with Crippen molar-refractivity contribution < 1.29 is 4.79 Å². The molecule has 0 aliphatic carbocycles. The van der Waals surface area contributed by atoms with E-state index in [4.69, 9.17) is 0 Å². The number of hydrogen-bond donors (Lipinski definition) is 1. The zero-order chi connectivity index (χ0) is 19.6. The van der Waals surface area contributed by atoms with E-state index in [1.54, 1.807) is 11.0 Å². The first-order valence-electron chi connectivity index (χ1n) is 10.3. The zero-order valence-corrected chi connectivity index (χ0v) is 18.1. The Kier molecular flexibility index (Phi) is 6.89. The number of piperidine rings is 2. The number of amides is 1. The Morgan fingerprint density at radius 2 is 1.97 bits per heavy atom. The third kappa shape index (κ3) is 4.45. The summed E-state index contributed by atoms with van der Waals surface area (Å²) in [6, 6.07) is 0. The number of hydrogen-bond acceptors (Lipinski definition) is 6. The van der Waals surface area contributed by atoms with Gasteiger partial charge in [-0.05, 0) is 45.7 Å². The van der Waals surface area contributed by atoms with Crippen LogP contribution in [0.25, 0.3) is 0 Å². The summed E-state index contributed by atoms with van der Waals surface area (Å²) in [7, 11) is 0. The number of nitrogens with zero attached hydrogens (tertiary/aromatic N) is 7. The topological polar surface area (TPSA) is 93.8 Å². The van der Waals surface area contributed by atoms with Crippen LogP contribution in [0, 0.1) is 5.41 Å². The molecule has 0 saturated carbocycles. The lowest BCUT2D eigenvalue weighted by atomic mass is 9.79. The quantitative estimate of drug-likeness (QED) is 0.783. The maximum absolute atomic E-state index is 13.1. The van der Waals surface area contributed by atoms with Gasteiger partial charge in [-0.15, -0.1) is 22.6 Å². The first-order chi connectivity index (χ1) is 13.6. The van der Waals surface area contributed by atoms with E-state index in [9.17, 15) is 4.79 Å². The molecule has 4 heterocycles. The number of nitrogens with one attached hydrogen (secondary N) is 1. The first kappa shape index (κ1) is 21.7. The summed E-state index contributed by atoms with van der Waals surface area (Å²) in [4.78, 5) is 19.1. The summed E-state index contributed by atoms with van der Waals surface area (Å²) in [6.45, 7) is 9.14. The average Bonchev–Trinajstić information content (AvgIpc) is 3.38. The fourth-order valence-corrected chi connectivity index (χ4v) is 4.49. The van der Waals surface area contributed by atoms with Gasteiger partial charge in [0.1, 0.15) is 25.0 Å². The highest BCUT2D eigenvalue weighted by Crippen LogP contribution is 2.34. The van der Waals surface area contributed by atoms with E-state index in [-0.39, 0.29) is 17.8 Å². The first-order valence-corrected chi connectivity index (χ1v) is 10.3. The number of rotatable bonds is 5. The fourth-order valence-electron chi connectivity index (χ4n) is 4.49. The van der Waals surface area contributed by atoms with E-state index in [1.165, 1.54) is 6.33 Å². The van der Waals surface area contributed by atoms with Crippen LogP contribution >= 0.6 is 12.4 Å². The summed E-state index contributed by atoms with van der Waals surface area (Å²) >= 11 is 0. The van der Waals surface area contributed by atoms with Crippen LogP contribution in [0.2, 0.25) is 0 Å². The molecular weight excluding hydrogens is 392 g/mol. The highest BCUT2D eigenvalue weighted by Gasteiger charge is 2.39. The summed E-state index contributed by atoms with van der Waals surface area (Å²) in [5.74, 6) is 2.62. The molecule has 2 aromatic rings. The second-order valence-electron chi connectivity index (χ2n) is 8.19. The molecule has 2 fully saturated rings. The van der Waals surface area contributed by atoms with Gasteiger partial charge in [0, 0.05) is 31.0 Å². The summed E-state index contributed by atoms with van der Waals surface area (Å²) in [6.07, 6.45) is 6.98. The van der Waals surface area contributed by atoms with Crippen LogP contribution in [0.15, 0.2) is 12.7 Å². The highest BCUT2D eigenvalue weighted by atomic mass is 35.5. The monoisotopic (exact) mass is 422 g/mol. The normalized spacial score (nSPS) is 19.7. The van der Waals surface area contributed by atoms with Gasteiger partial charge >= 0.3 is 0 Å². The van der Waals surface area contributed by atoms with Crippen molar-refractivity contribution in [2.45, 2.75) is 58.5 Å². The minimum absolute atomic E-state index is 0. The Hall–Kier alpha value is -2.00. The minimum Gasteiger partial charge on any atom is -0.342 e. The molecule has 0 radical (unpaired) electrons. The third-order valence-electron chi connectivity index (χ3n) is 6.31. The van der Waals surface area contributed by atoms with Gasteiger partial charge in [0.05, 0.1) is 0 Å². The van der Waals surface area contributed by atoms with E-state index >= 15 is 0 Å². The molecule has 4 rings (SSSR count). The Morgan fingerprint density at radius 1 is 1.24 bits per heavy atom. The number of carbonyl (C=O) groups excluding carboxylic acids is 1. The molecule has 0 aromatic carbocycles. The lowest BCUT2D eigenvalue weighted by molar-refractivity contribution is -0.143. The van der Waals surface area contributed by atoms with Crippen molar-refractivity contribution in [3.63, 3.8) is 0 Å². The maximum Gasteiger partial charge on any atom is 0.228 e. The molecule has 1 N–H and O–H groups in total. The van der Waals surface area contributed by atoms with Crippen LogP contribution < -0.4 is 5.32 Å². The van der Waals surface area contributed by atoms with E-state index in [1.807, 2.05) is 0 Å². The van der Waals surface area contributed by atoms with Crippen molar-refractivity contribution >= 4 is 18.3 Å². The van der Waals surface area contributed by atoms with Crippen LogP contribution in [-0.2, 0) is 17.9 Å². The predicted octanol–water partition coefficient (Wildman–Crippen LogP) is 1.46. The van der Waals surface area contributed by atoms with E-state index < -0.39 is 0 Å². The van der Waals surface area contributed by atoms with Crippen molar-refractivity contribution in [2.24, 2.45) is 5.41 Å². The third-order valence-corrected chi connectivity index (χ3v) is 6.31. The van der Waals surface area contributed by atoms with Crippen LogP contribution in [0.3, 0.4) is 0 Å². The standard InChI is InChI=1S/C19H30N8O.ClH/c1-3-27-16(12-26-14-21-13-22-26)23-24-17(27)15-4-10-25(11-5-15)18(28)19(2)6-8-20-9-7-19;/h13-15,20H,3-12H2,1-2H3;1H. The Bertz CT molecular complexity index is 791. The zero-order valence-electron chi connectivity index (χ0n) is 17.3. The van der Waals surface area contributed by atoms with Crippen LogP contribution in [-0.4, -0.2) is 66.5 Å². The molecular formula is C19H31ClN8O. The molecule has 0 spiro atoms. The Labute approximate surface area is 177 Å². The number of likely N-dealkylation sites (tertiary alicyclic amines) is 1. The number of carbonyl (C=O) groups is 1. The molecule has 2 aliphatic rings. The molecule has 9 nitrogen and oxygen atoms in total. The van der Waals surface area contributed by atoms with Gasteiger partial charge in [0.25, 0.3) is 0 Å². The number of halogens is 1. The molecule has 29 heavy (non-hydrogen) atoms. The van der Waals surface area contributed by atoms with Gasteiger partial charge in [-0.3, -0.25) is 4.79 Å². The van der Waals surface area contributed by atoms with Gasteiger partial charge in [0.2, 0.25) is 5.91 Å². The summed E-state index contributed by atoms with van der Waals surface area (Å²) in [5, 5.41) is 16.4. The van der Waals surface area contributed by atoms with Gasteiger partial charge in [-0.2, -0.15) is 5.10 Å². The van der Waals surface area contributed by atoms with Gasteiger partial charge < -0.3 is 14.8 Å². The van der Waals surface area contributed by atoms with E-state index in [2.05, 4.69) is 48.9 Å². The Morgan fingerprint density at radius 3 is 2.59 bits per heavy atom. The molecule has 10 heteroatoms. The van der Waals surface area contributed by atoms with Crippen LogP contribution in [0.5, 0.6) is 0 Å². The largest absolute Gasteiger partial charge is 0.342 e. The molecule has 2 saturated heterocycles. The molecule has 2 aliphatic heterocycles. The lowest BCUT2D eigenvalue weighted by Crippen LogP contribution is -2.49. The molecule has 0 atom stereocenters. The summed E-state index contributed by atoms with van der Waals surface area (Å²) in [5.41, 5.74) is -0.202. The van der Waals surface area contributed by atoms with Crippen molar-refractivity contribution in [3.05, 3.63) is 24.3 Å². The smallest absolute Gasteiger partial charge is 0.228 e. The van der Waals surface area contributed by atoms with Gasteiger partial charge in [-0.1, -0.05) is 6.92 Å². The maximum atomic E-state index is 13.1. The van der Waals surface area contributed by atoms with Crippen molar-refractivity contribution in [1.29, 1.82) is 0 Å². The van der Waals surface area contributed by atoms with Gasteiger partial charge in [-0.25, -0.2) is 9.67 Å². The van der Waals surface area contributed by atoms with Gasteiger partial charge in [0.15, 0.2) is 5.82 Å². The lowest BCUT2D eigenvalue weighted by Gasteiger charge is -2.40. The number of aromatic nitrogens is 6. The van der Waals surface area contributed by atoms with Crippen molar-refractivity contribution in [2.75, 3.05) is 26.2 Å². The molecule has 2 aromatic heterocycles. The summed E-state index contributed by atoms with van der Waals surface area (Å²) < 4.78 is 3.96. The Balaban J connectivity index is 0.00000240. The van der Waals surface area contributed by atoms with Crippen molar-refractivity contribution in [3.8, 4) is 0 Å². The molecule has 0 bridgehead atoms.